The molecular weight excluding hydrogens is 246 g/mol. The summed E-state index contributed by atoms with van der Waals surface area (Å²) < 4.78 is 1.79. The molecule has 0 saturated carbocycles. The van der Waals surface area contributed by atoms with Crippen LogP contribution in [-0.4, -0.2) is 52.6 Å². The van der Waals surface area contributed by atoms with E-state index in [-0.39, 0.29) is 0 Å². The Hall–Kier alpha value is -1.92. The smallest absolute Gasteiger partial charge is 0.407 e. The minimum Gasteiger partial charge on any atom is -0.465 e. The number of rotatable bonds is 3. The van der Waals surface area contributed by atoms with Crippen LogP contribution in [0.15, 0.2) is 6.20 Å². The van der Waals surface area contributed by atoms with Crippen LogP contribution in [-0.2, 0) is 7.05 Å². The molecule has 19 heavy (non-hydrogen) atoms. The van der Waals surface area contributed by atoms with Crippen molar-refractivity contribution >= 4 is 17.6 Å². The second kappa shape index (κ2) is 5.38. The maximum absolute atomic E-state index is 10.8. The number of piperidine rings is 1. The Labute approximate surface area is 112 Å². The summed E-state index contributed by atoms with van der Waals surface area (Å²) in [5.41, 5.74) is 6.61. The van der Waals surface area contributed by atoms with Gasteiger partial charge in [0.05, 0.1) is 11.9 Å². The zero-order valence-corrected chi connectivity index (χ0v) is 11.4. The van der Waals surface area contributed by atoms with Crippen molar-refractivity contribution in [2.45, 2.75) is 12.8 Å². The van der Waals surface area contributed by atoms with Gasteiger partial charge in [0.2, 0.25) is 0 Å². The van der Waals surface area contributed by atoms with Gasteiger partial charge in [-0.25, -0.2) is 4.79 Å². The molecule has 3 N–H and O–H groups in total. The van der Waals surface area contributed by atoms with Crippen LogP contribution in [0.1, 0.15) is 12.8 Å². The van der Waals surface area contributed by atoms with E-state index in [2.05, 4.69) is 10.00 Å². The molecule has 0 unspecified atom stereocenters. The lowest BCUT2D eigenvalue weighted by atomic mass is 9.96. The standard InChI is InChI=1S/C12H21N5O2/c1-15(12(18)19)8-9-3-5-17(6-4-9)11-10(13)7-14-16(11)2/h7,9H,3-6,8,13H2,1-2H3,(H,18,19). The minimum atomic E-state index is -0.863. The SMILES string of the molecule is CN(CC1CCN(c2c(N)cnn2C)CC1)C(=O)O. The Morgan fingerprint density at radius 1 is 1.58 bits per heavy atom. The maximum Gasteiger partial charge on any atom is 0.407 e. The molecule has 1 amide bonds. The summed E-state index contributed by atoms with van der Waals surface area (Å²) in [7, 11) is 3.50. The fraction of sp³-hybridized carbons (Fsp3) is 0.667. The number of anilines is 2. The summed E-state index contributed by atoms with van der Waals surface area (Å²) >= 11 is 0. The van der Waals surface area contributed by atoms with Gasteiger partial charge < -0.3 is 20.6 Å². The van der Waals surface area contributed by atoms with E-state index in [1.54, 1.807) is 17.9 Å². The van der Waals surface area contributed by atoms with Gasteiger partial charge in [0, 0.05) is 33.7 Å². The number of hydrogen-bond donors (Lipinski definition) is 2. The predicted octanol–water partition coefficient (Wildman–Crippen LogP) is 0.828. The van der Waals surface area contributed by atoms with E-state index in [1.807, 2.05) is 7.05 Å². The number of amides is 1. The summed E-state index contributed by atoms with van der Waals surface area (Å²) in [6, 6.07) is 0. The van der Waals surface area contributed by atoms with E-state index >= 15 is 0 Å². The highest BCUT2D eigenvalue weighted by Gasteiger charge is 2.24. The molecule has 106 valence electrons. The molecule has 1 aliphatic heterocycles. The molecule has 1 saturated heterocycles. The first-order valence-corrected chi connectivity index (χ1v) is 6.45. The van der Waals surface area contributed by atoms with Crippen LogP contribution in [0.4, 0.5) is 16.3 Å². The second-order valence-electron chi connectivity index (χ2n) is 5.14. The Balaban J connectivity index is 1.91. The van der Waals surface area contributed by atoms with Gasteiger partial charge >= 0.3 is 6.09 Å². The van der Waals surface area contributed by atoms with Gasteiger partial charge in [-0.1, -0.05) is 0 Å². The first kappa shape index (κ1) is 13.5. The van der Waals surface area contributed by atoms with Crippen LogP contribution in [0.2, 0.25) is 0 Å². The van der Waals surface area contributed by atoms with Crippen LogP contribution in [0.3, 0.4) is 0 Å². The number of hydrogen-bond acceptors (Lipinski definition) is 4. The maximum atomic E-state index is 10.8. The molecule has 2 heterocycles. The lowest BCUT2D eigenvalue weighted by Crippen LogP contribution is -2.40. The summed E-state index contributed by atoms with van der Waals surface area (Å²) in [5, 5.41) is 13.0. The zero-order chi connectivity index (χ0) is 14.0. The number of nitrogens with two attached hydrogens (primary N) is 1. The van der Waals surface area contributed by atoms with Gasteiger partial charge in [-0.3, -0.25) is 4.68 Å². The van der Waals surface area contributed by atoms with Crippen LogP contribution in [0, 0.1) is 5.92 Å². The van der Waals surface area contributed by atoms with Crippen molar-refractivity contribution in [1.82, 2.24) is 14.7 Å². The molecule has 0 radical (unpaired) electrons. The van der Waals surface area contributed by atoms with Crippen molar-refractivity contribution in [2.75, 3.05) is 37.3 Å². The Morgan fingerprint density at radius 3 is 2.68 bits per heavy atom. The topological polar surface area (TPSA) is 87.6 Å². The normalized spacial score (nSPS) is 16.6. The molecule has 7 heteroatoms. The Morgan fingerprint density at radius 2 is 2.21 bits per heavy atom. The van der Waals surface area contributed by atoms with E-state index < -0.39 is 6.09 Å². The van der Waals surface area contributed by atoms with Crippen molar-refractivity contribution in [3.8, 4) is 0 Å². The molecule has 1 fully saturated rings. The Bertz CT molecular complexity index is 431. The average molecular weight is 267 g/mol. The molecule has 1 aromatic rings. The van der Waals surface area contributed by atoms with Crippen molar-refractivity contribution in [2.24, 2.45) is 13.0 Å². The summed E-state index contributed by atoms with van der Waals surface area (Å²) in [6.07, 6.45) is 2.75. The number of carbonyl (C=O) groups is 1. The number of nitrogens with zero attached hydrogens (tertiary/aromatic N) is 4. The largest absolute Gasteiger partial charge is 0.465 e. The highest BCUT2D eigenvalue weighted by molar-refractivity contribution is 5.64. The summed E-state index contributed by atoms with van der Waals surface area (Å²) in [5.74, 6) is 1.39. The molecular formula is C12H21N5O2. The first-order valence-electron chi connectivity index (χ1n) is 6.45. The molecule has 1 aromatic heterocycles. The molecule has 0 atom stereocenters. The van der Waals surface area contributed by atoms with Crippen LogP contribution in [0.25, 0.3) is 0 Å². The third kappa shape index (κ3) is 2.91. The molecule has 0 aromatic carbocycles. The monoisotopic (exact) mass is 267 g/mol. The quantitative estimate of drug-likeness (QED) is 0.847. The predicted molar refractivity (Wildman–Crippen MR) is 73.2 cm³/mol. The van der Waals surface area contributed by atoms with Gasteiger partial charge in [0.25, 0.3) is 0 Å². The minimum absolute atomic E-state index is 0.423. The average Bonchev–Trinajstić information content (AvgIpc) is 2.70. The fourth-order valence-corrected chi connectivity index (χ4v) is 2.63. The zero-order valence-electron chi connectivity index (χ0n) is 11.4. The summed E-state index contributed by atoms with van der Waals surface area (Å²) in [4.78, 5) is 14.4. The van der Waals surface area contributed by atoms with E-state index in [0.29, 0.717) is 18.2 Å². The lowest BCUT2D eigenvalue weighted by molar-refractivity contribution is 0.145. The molecule has 0 aliphatic carbocycles. The van der Waals surface area contributed by atoms with Crippen LogP contribution < -0.4 is 10.6 Å². The molecule has 2 rings (SSSR count). The number of aryl methyl sites for hydroxylation is 1. The van der Waals surface area contributed by atoms with Gasteiger partial charge in [0.15, 0.2) is 0 Å². The first-order chi connectivity index (χ1) is 8.99. The van der Waals surface area contributed by atoms with Crippen molar-refractivity contribution in [3.63, 3.8) is 0 Å². The van der Waals surface area contributed by atoms with Crippen LogP contribution in [0.5, 0.6) is 0 Å². The third-order valence-corrected chi connectivity index (χ3v) is 3.71. The van der Waals surface area contributed by atoms with Gasteiger partial charge in [-0.2, -0.15) is 5.10 Å². The van der Waals surface area contributed by atoms with E-state index in [4.69, 9.17) is 10.8 Å². The van der Waals surface area contributed by atoms with E-state index in [9.17, 15) is 4.79 Å². The fourth-order valence-electron chi connectivity index (χ4n) is 2.63. The lowest BCUT2D eigenvalue weighted by Gasteiger charge is -2.34. The summed E-state index contributed by atoms with van der Waals surface area (Å²) in [6.45, 7) is 2.38. The van der Waals surface area contributed by atoms with Gasteiger partial charge in [-0.15, -0.1) is 0 Å². The number of nitrogen functional groups attached to an aromatic ring is 1. The molecule has 0 spiro atoms. The van der Waals surface area contributed by atoms with E-state index in [1.165, 1.54) is 4.90 Å². The van der Waals surface area contributed by atoms with E-state index in [0.717, 1.165) is 31.7 Å². The highest BCUT2D eigenvalue weighted by Crippen LogP contribution is 2.27. The number of aromatic nitrogens is 2. The van der Waals surface area contributed by atoms with Gasteiger partial charge in [0.1, 0.15) is 5.82 Å². The van der Waals surface area contributed by atoms with Crippen molar-refractivity contribution in [3.05, 3.63) is 6.20 Å². The second-order valence-corrected chi connectivity index (χ2v) is 5.14. The van der Waals surface area contributed by atoms with Crippen molar-refractivity contribution < 1.29 is 9.90 Å². The number of carboxylic acid groups (broad SMARTS) is 1. The Kier molecular flexibility index (Phi) is 3.82. The molecule has 0 bridgehead atoms. The molecule has 7 nitrogen and oxygen atoms in total. The molecule has 1 aliphatic rings. The van der Waals surface area contributed by atoms with Crippen LogP contribution >= 0.6 is 0 Å². The van der Waals surface area contributed by atoms with Gasteiger partial charge in [-0.05, 0) is 18.8 Å². The van der Waals surface area contributed by atoms with Crippen molar-refractivity contribution in [1.29, 1.82) is 0 Å². The highest BCUT2D eigenvalue weighted by atomic mass is 16.4. The third-order valence-electron chi connectivity index (χ3n) is 3.71.